The van der Waals surface area contributed by atoms with Crippen LogP contribution < -0.4 is 14.8 Å². The lowest BCUT2D eigenvalue weighted by Gasteiger charge is -2.32. The molecule has 25 heavy (non-hydrogen) atoms. The lowest BCUT2D eigenvalue weighted by molar-refractivity contribution is 0.174. The maximum atomic E-state index is 12.9. The lowest BCUT2D eigenvalue weighted by atomic mass is 10.0. The Labute approximate surface area is 147 Å². The van der Waals surface area contributed by atoms with Gasteiger partial charge in [-0.05, 0) is 49.1 Å². The van der Waals surface area contributed by atoms with Crippen molar-refractivity contribution >= 4 is 5.69 Å². The van der Waals surface area contributed by atoms with E-state index in [4.69, 9.17) is 9.47 Å². The smallest absolute Gasteiger partial charge is 0.231 e. The fourth-order valence-corrected chi connectivity index (χ4v) is 3.46. The fraction of sp³-hybridized carbons (Fsp3) is 0.400. The Bertz CT molecular complexity index is 712. The van der Waals surface area contributed by atoms with Crippen LogP contribution in [0.2, 0.25) is 0 Å². The molecule has 5 heteroatoms. The Morgan fingerprint density at radius 1 is 1.00 bits per heavy atom. The van der Waals surface area contributed by atoms with Crippen LogP contribution in [0.5, 0.6) is 11.5 Å². The Morgan fingerprint density at radius 2 is 1.76 bits per heavy atom. The quantitative estimate of drug-likeness (QED) is 0.899. The first-order valence-electron chi connectivity index (χ1n) is 8.89. The zero-order valence-corrected chi connectivity index (χ0v) is 14.2. The van der Waals surface area contributed by atoms with Crippen LogP contribution in [0.15, 0.2) is 42.5 Å². The van der Waals surface area contributed by atoms with E-state index in [1.165, 1.54) is 17.7 Å². The maximum Gasteiger partial charge on any atom is 0.231 e. The number of fused-ring (bicyclic) bond motifs is 1. The number of rotatable bonds is 5. The normalized spacial score (nSPS) is 17.6. The van der Waals surface area contributed by atoms with Gasteiger partial charge in [0.2, 0.25) is 6.79 Å². The molecule has 2 aromatic carbocycles. The molecule has 0 aromatic heterocycles. The van der Waals surface area contributed by atoms with Gasteiger partial charge < -0.3 is 19.7 Å². The van der Waals surface area contributed by atoms with Crippen molar-refractivity contribution < 1.29 is 13.9 Å². The van der Waals surface area contributed by atoms with Crippen molar-refractivity contribution in [1.29, 1.82) is 0 Å². The molecule has 2 aliphatic heterocycles. The zero-order chi connectivity index (χ0) is 17.1. The van der Waals surface area contributed by atoms with Crippen LogP contribution in [0.3, 0.4) is 0 Å². The number of ether oxygens (including phenoxy) is 2. The number of nitrogens with one attached hydrogen (secondary N) is 1. The van der Waals surface area contributed by atoms with Crippen LogP contribution in [0.1, 0.15) is 18.4 Å². The number of benzene rings is 2. The van der Waals surface area contributed by atoms with Gasteiger partial charge in [0.25, 0.3) is 0 Å². The molecular weight excluding hydrogens is 319 g/mol. The van der Waals surface area contributed by atoms with E-state index in [-0.39, 0.29) is 5.82 Å². The predicted octanol–water partition coefficient (Wildman–Crippen LogP) is 3.67. The third kappa shape index (κ3) is 4.04. The first kappa shape index (κ1) is 16.2. The average molecular weight is 342 g/mol. The Balaban J connectivity index is 1.23. The van der Waals surface area contributed by atoms with Gasteiger partial charge in [0.05, 0.1) is 0 Å². The summed E-state index contributed by atoms with van der Waals surface area (Å²) in [6.45, 7) is 3.51. The second-order valence-electron chi connectivity index (χ2n) is 6.70. The first-order chi connectivity index (χ1) is 12.3. The van der Waals surface area contributed by atoms with E-state index in [9.17, 15) is 4.39 Å². The van der Waals surface area contributed by atoms with E-state index in [0.717, 1.165) is 56.1 Å². The molecular formula is C20H23FN2O2. The van der Waals surface area contributed by atoms with Crippen molar-refractivity contribution in [2.45, 2.75) is 25.3 Å². The number of hydrogen-bond acceptors (Lipinski definition) is 4. The number of likely N-dealkylation sites (tertiary alicyclic amines) is 1. The molecule has 0 atom stereocenters. The Hall–Kier alpha value is -2.27. The second kappa shape index (κ2) is 7.31. The predicted molar refractivity (Wildman–Crippen MR) is 95.8 cm³/mol. The van der Waals surface area contributed by atoms with E-state index < -0.39 is 0 Å². The van der Waals surface area contributed by atoms with Gasteiger partial charge in [0, 0.05) is 37.4 Å². The van der Waals surface area contributed by atoms with Gasteiger partial charge in [-0.3, -0.25) is 0 Å². The van der Waals surface area contributed by atoms with Gasteiger partial charge >= 0.3 is 0 Å². The molecule has 4 nitrogen and oxygen atoms in total. The zero-order valence-electron chi connectivity index (χ0n) is 14.2. The highest BCUT2D eigenvalue weighted by molar-refractivity contribution is 5.56. The van der Waals surface area contributed by atoms with Gasteiger partial charge in [0.15, 0.2) is 11.5 Å². The summed E-state index contributed by atoms with van der Waals surface area (Å²) in [5.74, 6) is 1.47. The highest BCUT2D eigenvalue weighted by atomic mass is 19.1. The van der Waals surface area contributed by atoms with Crippen LogP contribution in [-0.4, -0.2) is 37.4 Å². The van der Waals surface area contributed by atoms with Crippen molar-refractivity contribution in [1.82, 2.24) is 4.90 Å². The summed E-state index contributed by atoms with van der Waals surface area (Å²) < 4.78 is 23.7. The van der Waals surface area contributed by atoms with Crippen LogP contribution in [0.25, 0.3) is 0 Å². The molecule has 0 radical (unpaired) electrons. The summed E-state index contributed by atoms with van der Waals surface area (Å²) in [5.41, 5.74) is 2.29. The van der Waals surface area contributed by atoms with Gasteiger partial charge in [-0.1, -0.05) is 12.1 Å². The number of halogens is 1. The summed E-state index contributed by atoms with van der Waals surface area (Å²) in [5, 5.41) is 3.61. The van der Waals surface area contributed by atoms with Crippen molar-refractivity contribution in [3.8, 4) is 11.5 Å². The minimum atomic E-state index is -0.167. The lowest BCUT2D eigenvalue weighted by Crippen LogP contribution is -2.40. The van der Waals surface area contributed by atoms with Crippen molar-refractivity contribution in [3.05, 3.63) is 53.8 Å². The highest BCUT2D eigenvalue weighted by Crippen LogP contribution is 2.34. The Kier molecular flexibility index (Phi) is 4.74. The van der Waals surface area contributed by atoms with Crippen molar-refractivity contribution in [2.75, 3.05) is 31.7 Å². The summed E-state index contributed by atoms with van der Waals surface area (Å²) in [4.78, 5) is 2.49. The van der Waals surface area contributed by atoms with Crippen molar-refractivity contribution in [2.24, 2.45) is 0 Å². The molecule has 0 spiro atoms. The molecule has 132 valence electrons. The molecule has 0 saturated carbocycles. The third-order valence-corrected chi connectivity index (χ3v) is 4.96. The molecule has 2 heterocycles. The van der Waals surface area contributed by atoms with Gasteiger partial charge in [-0.25, -0.2) is 4.39 Å². The second-order valence-corrected chi connectivity index (χ2v) is 6.70. The van der Waals surface area contributed by atoms with E-state index in [1.54, 1.807) is 0 Å². The first-order valence-corrected chi connectivity index (χ1v) is 8.89. The summed E-state index contributed by atoms with van der Waals surface area (Å²) in [6.07, 6.45) is 3.22. The number of hydrogen-bond donors (Lipinski definition) is 1. The van der Waals surface area contributed by atoms with Crippen molar-refractivity contribution in [3.63, 3.8) is 0 Å². The van der Waals surface area contributed by atoms with Crippen LogP contribution in [-0.2, 0) is 6.42 Å². The monoisotopic (exact) mass is 342 g/mol. The molecule has 4 rings (SSSR count). The molecule has 2 aliphatic rings. The number of piperidine rings is 1. The van der Waals surface area contributed by atoms with Gasteiger partial charge in [0.1, 0.15) is 5.82 Å². The number of anilines is 1. The molecule has 1 saturated heterocycles. The third-order valence-electron chi connectivity index (χ3n) is 4.96. The van der Waals surface area contributed by atoms with Gasteiger partial charge in [-0.2, -0.15) is 0 Å². The Morgan fingerprint density at radius 3 is 2.56 bits per heavy atom. The summed E-state index contributed by atoms with van der Waals surface area (Å²) in [6, 6.07) is 13.3. The largest absolute Gasteiger partial charge is 0.454 e. The standard InChI is InChI=1S/C20H23FN2O2/c21-16-3-1-15(2-4-16)7-10-23-11-8-17(9-12-23)22-18-5-6-19-20(13-18)25-14-24-19/h1-6,13,17,22H,7-12,14H2. The van der Waals surface area contributed by atoms with Crippen LogP contribution in [0, 0.1) is 5.82 Å². The number of nitrogens with zero attached hydrogens (tertiary/aromatic N) is 1. The fourth-order valence-electron chi connectivity index (χ4n) is 3.46. The van der Waals surface area contributed by atoms with Gasteiger partial charge in [-0.15, -0.1) is 0 Å². The molecule has 0 unspecified atom stereocenters. The molecule has 0 amide bonds. The molecule has 1 N–H and O–H groups in total. The van der Waals surface area contributed by atoms with E-state index in [0.29, 0.717) is 12.8 Å². The summed E-state index contributed by atoms with van der Waals surface area (Å²) >= 11 is 0. The van der Waals surface area contributed by atoms with Crippen LogP contribution in [0.4, 0.5) is 10.1 Å². The van der Waals surface area contributed by atoms with E-state index in [1.807, 2.05) is 24.3 Å². The van der Waals surface area contributed by atoms with E-state index >= 15 is 0 Å². The summed E-state index contributed by atoms with van der Waals surface area (Å²) in [7, 11) is 0. The molecule has 0 bridgehead atoms. The maximum absolute atomic E-state index is 12.9. The minimum Gasteiger partial charge on any atom is -0.454 e. The molecule has 1 fully saturated rings. The SMILES string of the molecule is Fc1ccc(CCN2CCC(Nc3ccc4c(c3)OCO4)CC2)cc1. The van der Waals surface area contributed by atoms with Crippen LogP contribution >= 0.6 is 0 Å². The highest BCUT2D eigenvalue weighted by Gasteiger charge is 2.20. The minimum absolute atomic E-state index is 0.167. The molecule has 0 aliphatic carbocycles. The molecule has 2 aromatic rings. The van der Waals surface area contributed by atoms with E-state index in [2.05, 4.69) is 16.3 Å². The topological polar surface area (TPSA) is 33.7 Å². The average Bonchev–Trinajstić information content (AvgIpc) is 3.10.